The van der Waals surface area contributed by atoms with Crippen molar-refractivity contribution in [2.75, 3.05) is 18.8 Å². The van der Waals surface area contributed by atoms with Crippen LogP contribution in [-0.2, 0) is 4.79 Å². The predicted octanol–water partition coefficient (Wildman–Crippen LogP) is 1.95. The van der Waals surface area contributed by atoms with Crippen LogP contribution in [0.15, 0.2) is 0 Å². The predicted molar refractivity (Wildman–Crippen MR) is 76.0 cm³/mol. The molecule has 1 amide bonds. The Kier molecular flexibility index (Phi) is 6.10. The molecule has 0 bridgehead atoms. The first-order valence-corrected chi connectivity index (χ1v) is 7.33. The highest BCUT2D eigenvalue weighted by molar-refractivity contribution is 8.00. The third kappa shape index (κ3) is 4.34. The van der Waals surface area contributed by atoms with E-state index in [9.17, 15) is 4.79 Å². The van der Waals surface area contributed by atoms with E-state index < -0.39 is 0 Å². The Morgan fingerprint density at radius 3 is 2.88 bits per heavy atom. The van der Waals surface area contributed by atoms with Crippen LogP contribution in [0.1, 0.15) is 39.0 Å². The Morgan fingerprint density at radius 1 is 1.47 bits per heavy atom. The molecule has 0 aromatic carbocycles. The molecule has 5 heteroatoms. The molecule has 2 atom stereocenters. The standard InChI is InChI=1S/C12H22N2OS.ClH/c1-12(6-4-8-16-12)9-14-11(15)10-5-2-3-7-13-10;/h10,13H,2-9H2,1H3,(H,14,15);1H/t10-,12?;/m0./s1. The molecular weight excluding hydrogens is 256 g/mol. The van der Waals surface area contributed by atoms with Gasteiger partial charge in [-0.15, -0.1) is 12.4 Å². The minimum Gasteiger partial charge on any atom is -0.353 e. The number of piperidine rings is 1. The molecule has 1 unspecified atom stereocenters. The van der Waals surface area contributed by atoms with Crippen LogP contribution in [0.4, 0.5) is 0 Å². The van der Waals surface area contributed by atoms with E-state index >= 15 is 0 Å². The third-order valence-corrected chi connectivity index (χ3v) is 5.10. The quantitative estimate of drug-likeness (QED) is 0.829. The number of amides is 1. The fraction of sp³-hybridized carbons (Fsp3) is 0.917. The third-order valence-electron chi connectivity index (χ3n) is 3.56. The summed E-state index contributed by atoms with van der Waals surface area (Å²) in [5, 5.41) is 6.40. The van der Waals surface area contributed by atoms with Gasteiger partial charge < -0.3 is 10.6 Å². The topological polar surface area (TPSA) is 41.1 Å². The highest BCUT2D eigenvalue weighted by Crippen LogP contribution is 2.36. The van der Waals surface area contributed by atoms with Crippen LogP contribution < -0.4 is 10.6 Å². The van der Waals surface area contributed by atoms with Crippen LogP contribution in [-0.4, -0.2) is 35.5 Å². The number of thioether (sulfide) groups is 1. The largest absolute Gasteiger partial charge is 0.353 e. The Hall–Kier alpha value is 0.0700. The van der Waals surface area contributed by atoms with Gasteiger partial charge in [-0.3, -0.25) is 4.79 Å². The van der Waals surface area contributed by atoms with Gasteiger partial charge in [0.15, 0.2) is 0 Å². The van der Waals surface area contributed by atoms with E-state index in [1.54, 1.807) is 0 Å². The van der Waals surface area contributed by atoms with Crippen molar-refractivity contribution in [1.29, 1.82) is 0 Å². The van der Waals surface area contributed by atoms with Crippen LogP contribution in [0.25, 0.3) is 0 Å². The molecule has 2 fully saturated rings. The zero-order chi connectivity index (χ0) is 11.4. The van der Waals surface area contributed by atoms with E-state index in [1.807, 2.05) is 11.8 Å². The van der Waals surface area contributed by atoms with Gasteiger partial charge in [0.25, 0.3) is 0 Å². The van der Waals surface area contributed by atoms with Crippen molar-refractivity contribution < 1.29 is 4.79 Å². The average Bonchev–Trinajstić information content (AvgIpc) is 2.75. The molecule has 0 radical (unpaired) electrons. The molecule has 2 aliphatic rings. The van der Waals surface area contributed by atoms with Crippen molar-refractivity contribution in [2.24, 2.45) is 0 Å². The van der Waals surface area contributed by atoms with E-state index in [-0.39, 0.29) is 29.1 Å². The van der Waals surface area contributed by atoms with Crippen molar-refractivity contribution >= 4 is 30.1 Å². The van der Waals surface area contributed by atoms with Gasteiger partial charge in [-0.1, -0.05) is 6.42 Å². The fourth-order valence-electron chi connectivity index (χ4n) is 2.45. The summed E-state index contributed by atoms with van der Waals surface area (Å²) < 4.78 is 0.282. The number of hydrogen-bond donors (Lipinski definition) is 2. The maximum atomic E-state index is 11.9. The first-order chi connectivity index (χ1) is 7.70. The average molecular weight is 279 g/mol. The molecule has 0 aromatic rings. The lowest BCUT2D eigenvalue weighted by Gasteiger charge is -2.27. The van der Waals surface area contributed by atoms with Gasteiger partial charge in [0.05, 0.1) is 6.04 Å². The number of carbonyl (C=O) groups excluding carboxylic acids is 1. The summed E-state index contributed by atoms with van der Waals surface area (Å²) in [5.41, 5.74) is 0. The molecule has 2 aliphatic heterocycles. The highest BCUT2D eigenvalue weighted by Gasteiger charge is 2.30. The number of hydrogen-bond acceptors (Lipinski definition) is 3. The van der Waals surface area contributed by atoms with Crippen molar-refractivity contribution in [3.63, 3.8) is 0 Å². The van der Waals surface area contributed by atoms with Crippen LogP contribution in [0.5, 0.6) is 0 Å². The Bertz CT molecular complexity index is 251. The SMILES string of the molecule is CC1(CNC(=O)[C@@H]2CCCCN2)CCCS1.Cl. The Balaban J connectivity index is 0.00000144. The molecule has 0 spiro atoms. The second kappa shape index (κ2) is 6.86. The normalized spacial score (nSPS) is 32.9. The minimum absolute atomic E-state index is 0. The minimum atomic E-state index is 0. The van der Waals surface area contributed by atoms with E-state index in [0.29, 0.717) is 0 Å². The molecule has 0 saturated carbocycles. The maximum Gasteiger partial charge on any atom is 0.237 e. The summed E-state index contributed by atoms with van der Waals surface area (Å²) in [7, 11) is 0. The lowest BCUT2D eigenvalue weighted by atomic mass is 10.0. The van der Waals surface area contributed by atoms with Crippen molar-refractivity contribution in [2.45, 2.75) is 49.8 Å². The Labute approximate surface area is 114 Å². The number of carbonyl (C=O) groups is 1. The first-order valence-electron chi connectivity index (χ1n) is 6.35. The van der Waals surface area contributed by atoms with E-state index in [1.165, 1.54) is 31.4 Å². The lowest BCUT2D eigenvalue weighted by molar-refractivity contribution is -0.123. The molecule has 2 heterocycles. The van der Waals surface area contributed by atoms with Gasteiger partial charge in [-0.05, 0) is 44.9 Å². The number of nitrogens with one attached hydrogen (secondary N) is 2. The van der Waals surface area contributed by atoms with Crippen LogP contribution in [0.2, 0.25) is 0 Å². The second-order valence-corrected chi connectivity index (χ2v) is 6.80. The van der Waals surface area contributed by atoms with Gasteiger partial charge in [0, 0.05) is 11.3 Å². The summed E-state index contributed by atoms with van der Waals surface area (Å²) in [6.07, 6.45) is 5.90. The molecule has 3 nitrogen and oxygen atoms in total. The smallest absolute Gasteiger partial charge is 0.237 e. The monoisotopic (exact) mass is 278 g/mol. The summed E-state index contributed by atoms with van der Waals surface area (Å²) in [6, 6.07) is 0.0590. The molecular formula is C12H23ClN2OS. The van der Waals surface area contributed by atoms with E-state index in [4.69, 9.17) is 0 Å². The fourth-order valence-corrected chi connectivity index (χ4v) is 3.69. The zero-order valence-electron chi connectivity index (χ0n) is 10.5. The molecule has 2 rings (SSSR count). The summed E-state index contributed by atoms with van der Waals surface area (Å²) in [6.45, 7) is 4.08. The summed E-state index contributed by atoms with van der Waals surface area (Å²) >= 11 is 2.00. The molecule has 17 heavy (non-hydrogen) atoms. The van der Waals surface area contributed by atoms with Gasteiger partial charge in [0.1, 0.15) is 0 Å². The molecule has 100 valence electrons. The summed E-state index contributed by atoms with van der Waals surface area (Å²) in [4.78, 5) is 11.9. The lowest BCUT2D eigenvalue weighted by Crippen LogP contribution is -2.49. The van der Waals surface area contributed by atoms with E-state index in [0.717, 1.165) is 19.5 Å². The Morgan fingerprint density at radius 2 is 2.29 bits per heavy atom. The highest BCUT2D eigenvalue weighted by atomic mass is 35.5. The zero-order valence-corrected chi connectivity index (χ0v) is 12.1. The summed E-state index contributed by atoms with van der Waals surface area (Å²) in [5.74, 6) is 1.45. The van der Waals surface area contributed by atoms with Crippen molar-refractivity contribution in [3.05, 3.63) is 0 Å². The molecule has 0 aromatic heterocycles. The molecule has 0 aliphatic carbocycles. The van der Waals surface area contributed by atoms with Crippen LogP contribution in [0.3, 0.4) is 0 Å². The molecule has 2 N–H and O–H groups in total. The molecule has 2 saturated heterocycles. The van der Waals surface area contributed by atoms with Gasteiger partial charge in [-0.2, -0.15) is 11.8 Å². The van der Waals surface area contributed by atoms with Crippen LogP contribution in [0, 0.1) is 0 Å². The number of halogens is 1. The number of rotatable bonds is 3. The van der Waals surface area contributed by atoms with Crippen molar-refractivity contribution in [1.82, 2.24) is 10.6 Å². The maximum absolute atomic E-state index is 11.9. The second-order valence-electron chi connectivity index (χ2n) is 5.12. The first kappa shape index (κ1) is 15.1. The van der Waals surface area contributed by atoms with Gasteiger partial charge in [-0.25, -0.2) is 0 Å². The van der Waals surface area contributed by atoms with Gasteiger partial charge in [0.2, 0.25) is 5.91 Å². The van der Waals surface area contributed by atoms with Gasteiger partial charge >= 0.3 is 0 Å². The van der Waals surface area contributed by atoms with E-state index in [2.05, 4.69) is 17.6 Å². The van der Waals surface area contributed by atoms with Crippen molar-refractivity contribution in [3.8, 4) is 0 Å². The van der Waals surface area contributed by atoms with Crippen LogP contribution >= 0.6 is 24.2 Å².